The van der Waals surface area contributed by atoms with Crippen LogP contribution in [-0.4, -0.2) is 15.8 Å². The number of aromatic nitrogens is 1. The summed E-state index contributed by atoms with van der Waals surface area (Å²) in [6.07, 6.45) is 0.607. The summed E-state index contributed by atoms with van der Waals surface area (Å²) in [4.78, 5) is 29.2. The van der Waals surface area contributed by atoms with E-state index in [1.54, 1.807) is 13.0 Å². The summed E-state index contributed by atoms with van der Waals surface area (Å²) in [5, 5.41) is 15.1. The number of benzene rings is 2. The van der Waals surface area contributed by atoms with Gasteiger partial charge in [-0.3, -0.25) is 20.2 Å². The predicted octanol–water partition coefficient (Wildman–Crippen LogP) is 6.15. The number of nitro groups is 1. The highest BCUT2D eigenvalue weighted by atomic mass is 35.5. The van der Waals surface area contributed by atoms with Crippen molar-refractivity contribution < 1.29 is 9.72 Å². The Labute approximate surface area is 184 Å². The molecule has 0 fully saturated rings. The van der Waals surface area contributed by atoms with Gasteiger partial charge in [0.25, 0.3) is 11.6 Å². The lowest BCUT2D eigenvalue weighted by Crippen LogP contribution is -2.16. The number of halogens is 1. The Balaban J connectivity index is 1.93. The molecule has 8 heteroatoms. The molecule has 0 aliphatic rings. The molecule has 1 amide bonds. The molecule has 0 atom stereocenters. The SMILES string of the molecule is Cc1c(C(=O)Nc2nc(C(C)(C)C)c(Cc3ccccc3Cl)s2)cccc1[N+](=O)[O-]. The van der Waals surface area contributed by atoms with Crippen LogP contribution in [0.4, 0.5) is 10.8 Å². The monoisotopic (exact) mass is 443 g/mol. The van der Waals surface area contributed by atoms with Gasteiger partial charge < -0.3 is 0 Å². The summed E-state index contributed by atoms with van der Waals surface area (Å²) in [6, 6.07) is 12.1. The van der Waals surface area contributed by atoms with Crippen LogP contribution in [0.5, 0.6) is 0 Å². The molecule has 0 aliphatic carbocycles. The number of nitrogens with one attached hydrogen (secondary N) is 1. The first-order chi connectivity index (χ1) is 14.1. The van der Waals surface area contributed by atoms with Crippen molar-refractivity contribution in [2.45, 2.75) is 39.5 Å². The van der Waals surface area contributed by atoms with Crippen molar-refractivity contribution in [2.75, 3.05) is 5.32 Å². The van der Waals surface area contributed by atoms with Crippen LogP contribution in [0.1, 0.15) is 52.8 Å². The molecule has 3 aromatic rings. The molecule has 1 aromatic heterocycles. The zero-order valence-electron chi connectivity index (χ0n) is 17.2. The predicted molar refractivity (Wildman–Crippen MR) is 121 cm³/mol. The Kier molecular flexibility index (Phi) is 6.24. The number of hydrogen-bond donors (Lipinski definition) is 1. The Hall–Kier alpha value is -2.77. The molecule has 0 saturated heterocycles. The van der Waals surface area contributed by atoms with Crippen molar-refractivity contribution in [3.8, 4) is 0 Å². The molecule has 0 spiro atoms. The smallest absolute Gasteiger partial charge is 0.273 e. The zero-order chi connectivity index (χ0) is 22.1. The number of thiazole rings is 1. The van der Waals surface area contributed by atoms with Crippen LogP contribution in [-0.2, 0) is 11.8 Å². The fourth-order valence-electron chi connectivity index (χ4n) is 3.16. The number of amides is 1. The Morgan fingerprint density at radius 1 is 1.20 bits per heavy atom. The third kappa shape index (κ3) is 4.68. The van der Waals surface area contributed by atoms with Gasteiger partial charge in [0.1, 0.15) is 0 Å². The Morgan fingerprint density at radius 3 is 2.53 bits per heavy atom. The molecular formula is C22H22ClN3O3S. The van der Waals surface area contributed by atoms with E-state index >= 15 is 0 Å². The van der Waals surface area contributed by atoms with Gasteiger partial charge in [0, 0.05) is 38.9 Å². The van der Waals surface area contributed by atoms with Gasteiger partial charge in [-0.1, -0.05) is 56.6 Å². The molecule has 2 aromatic carbocycles. The molecular weight excluding hydrogens is 422 g/mol. The van der Waals surface area contributed by atoms with Gasteiger partial charge in [0.2, 0.25) is 0 Å². The van der Waals surface area contributed by atoms with Gasteiger partial charge in [0.05, 0.1) is 10.6 Å². The van der Waals surface area contributed by atoms with Gasteiger partial charge in [-0.2, -0.15) is 0 Å². The Bertz CT molecular complexity index is 1120. The van der Waals surface area contributed by atoms with Gasteiger partial charge in [-0.25, -0.2) is 4.98 Å². The van der Waals surface area contributed by atoms with Crippen LogP contribution < -0.4 is 5.32 Å². The summed E-state index contributed by atoms with van der Waals surface area (Å²) < 4.78 is 0. The topological polar surface area (TPSA) is 85.1 Å². The minimum Gasteiger partial charge on any atom is -0.298 e. The lowest BCUT2D eigenvalue weighted by Gasteiger charge is -2.17. The standard InChI is InChI=1S/C22H22ClN3O3S/c1-13-15(9-7-11-17(13)26(28)29)20(27)25-21-24-19(22(2,3)4)18(30-21)12-14-8-5-6-10-16(14)23/h5-11H,12H2,1-4H3,(H,24,25,27). The summed E-state index contributed by atoms with van der Waals surface area (Å²) >= 11 is 7.72. The van der Waals surface area contributed by atoms with E-state index in [2.05, 4.69) is 31.1 Å². The van der Waals surface area contributed by atoms with E-state index in [1.165, 1.54) is 23.5 Å². The molecule has 1 N–H and O–H groups in total. The quantitative estimate of drug-likeness (QED) is 0.378. The largest absolute Gasteiger partial charge is 0.298 e. The van der Waals surface area contributed by atoms with E-state index in [4.69, 9.17) is 11.6 Å². The Morgan fingerprint density at radius 2 is 1.90 bits per heavy atom. The maximum atomic E-state index is 12.8. The number of rotatable bonds is 5. The van der Waals surface area contributed by atoms with Crippen molar-refractivity contribution in [3.05, 3.63) is 84.9 Å². The van der Waals surface area contributed by atoms with Gasteiger partial charge >= 0.3 is 0 Å². The molecule has 0 unspecified atom stereocenters. The molecule has 0 radical (unpaired) electrons. The second kappa shape index (κ2) is 8.53. The highest BCUT2D eigenvalue weighted by molar-refractivity contribution is 7.16. The van der Waals surface area contributed by atoms with Crippen molar-refractivity contribution in [1.82, 2.24) is 4.98 Å². The van der Waals surface area contributed by atoms with E-state index in [1.807, 2.05) is 24.3 Å². The average Bonchev–Trinajstić information content (AvgIpc) is 3.06. The average molecular weight is 444 g/mol. The second-order valence-electron chi connectivity index (χ2n) is 7.97. The lowest BCUT2D eigenvalue weighted by molar-refractivity contribution is -0.385. The number of carbonyl (C=O) groups is 1. The third-order valence-corrected chi connectivity index (χ3v) is 6.02. The fraction of sp³-hybridized carbons (Fsp3) is 0.273. The van der Waals surface area contributed by atoms with Crippen LogP contribution in [0.25, 0.3) is 0 Å². The van der Waals surface area contributed by atoms with Crippen LogP contribution >= 0.6 is 22.9 Å². The lowest BCUT2D eigenvalue weighted by atomic mass is 9.90. The van der Waals surface area contributed by atoms with Gasteiger partial charge in [-0.05, 0) is 24.6 Å². The third-order valence-electron chi connectivity index (χ3n) is 4.68. The summed E-state index contributed by atoms with van der Waals surface area (Å²) in [6.45, 7) is 7.76. The number of anilines is 1. The summed E-state index contributed by atoms with van der Waals surface area (Å²) in [5.41, 5.74) is 2.14. The number of nitro benzene ring substituents is 1. The first-order valence-electron chi connectivity index (χ1n) is 9.37. The first-order valence-corrected chi connectivity index (χ1v) is 10.6. The summed E-state index contributed by atoms with van der Waals surface area (Å²) in [7, 11) is 0. The summed E-state index contributed by atoms with van der Waals surface area (Å²) in [5.74, 6) is -0.422. The van der Waals surface area contributed by atoms with E-state index in [-0.39, 0.29) is 16.7 Å². The van der Waals surface area contributed by atoms with Crippen LogP contribution in [0.2, 0.25) is 5.02 Å². The number of nitrogens with zero attached hydrogens (tertiary/aromatic N) is 2. The second-order valence-corrected chi connectivity index (χ2v) is 9.46. The molecule has 1 heterocycles. The molecule has 6 nitrogen and oxygen atoms in total. The van der Waals surface area contributed by atoms with E-state index in [0.717, 1.165) is 16.1 Å². The highest BCUT2D eigenvalue weighted by Gasteiger charge is 2.25. The minimum atomic E-state index is -0.491. The molecule has 156 valence electrons. The van der Waals surface area contributed by atoms with Gasteiger partial charge in [-0.15, -0.1) is 11.3 Å². The number of carbonyl (C=O) groups excluding carboxylic acids is 1. The minimum absolute atomic E-state index is 0.0865. The van der Waals surface area contributed by atoms with E-state index in [9.17, 15) is 14.9 Å². The maximum Gasteiger partial charge on any atom is 0.273 e. The first kappa shape index (κ1) is 21.9. The van der Waals surface area contributed by atoms with Crippen molar-refractivity contribution in [2.24, 2.45) is 0 Å². The van der Waals surface area contributed by atoms with Crippen LogP contribution in [0.3, 0.4) is 0 Å². The van der Waals surface area contributed by atoms with Crippen molar-refractivity contribution >= 4 is 39.7 Å². The molecule has 0 bridgehead atoms. The molecule has 0 saturated carbocycles. The van der Waals surface area contributed by atoms with E-state index < -0.39 is 10.8 Å². The molecule has 0 aliphatic heterocycles. The van der Waals surface area contributed by atoms with Crippen LogP contribution in [0, 0.1) is 17.0 Å². The highest BCUT2D eigenvalue weighted by Crippen LogP contribution is 2.35. The van der Waals surface area contributed by atoms with Crippen LogP contribution in [0.15, 0.2) is 42.5 Å². The van der Waals surface area contributed by atoms with Crippen molar-refractivity contribution in [1.29, 1.82) is 0 Å². The van der Waals surface area contributed by atoms with Crippen molar-refractivity contribution in [3.63, 3.8) is 0 Å². The van der Waals surface area contributed by atoms with E-state index in [0.29, 0.717) is 22.1 Å². The number of hydrogen-bond acceptors (Lipinski definition) is 5. The fourth-order valence-corrected chi connectivity index (χ4v) is 4.55. The zero-order valence-corrected chi connectivity index (χ0v) is 18.7. The molecule has 30 heavy (non-hydrogen) atoms. The van der Waals surface area contributed by atoms with Gasteiger partial charge in [0.15, 0.2) is 5.13 Å². The molecule has 3 rings (SSSR count). The maximum absolute atomic E-state index is 12.8. The normalized spacial score (nSPS) is 11.4.